The number of ether oxygens (including phenoxy) is 1. The van der Waals surface area contributed by atoms with E-state index in [4.69, 9.17) is 4.74 Å². The summed E-state index contributed by atoms with van der Waals surface area (Å²) < 4.78 is 18.6. The van der Waals surface area contributed by atoms with Gasteiger partial charge in [-0.2, -0.15) is 0 Å². The number of benzene rings is 1. The quantitative estimate of drug-likeness (QED) is 0.868. The van der Waals surface area contributed by atoms with Crippen LogP contribution in [0.15, 0.2) is 24.3 Å². The van der Waals surface area contributed by atoms with E-state index in [1.807, 2.05) is 7.05 Å². The number of nitrogens with zero attached hydrogens (tertiary/aromatic N) is 1. The van der Waals surface area contributed by atoms with Crippen molar-refractivity contribution in [3.8, 4) is 0 Å². The van der Waals surface area contributed by atoms with Gasteiger partial charge in [0.25, 0.3) is 0 Å². The zero-order valence-corrected chi connectivity index (χ0v) is 10.9. The lowest BCUT2D eigenvalue weighted by molar-refractivity contribution is 0.0376. The monoisotopic (exact) mass is 252 g/mol. The molecule has 1 aromatic rings. The SMILES string of the molecule is CN(CCOC1CCNCC1)c1ccc(F)cc1. The van der Waals surface area contributed by atoms with Crippen LogP contribution >= 0.6 is 0 Å². The number of anilines is 1. The van der Waals surface area contributed by atoms with Crippen molar-refractivity contribution in [1.82, 2.24) is 5.32 Å². The molecule has 0 saturated carbocycles. The van der Waals surface area contributed by atoms with Crippen molar-refractivity contribution in [2.45, 2.75) is 18.9 Å². The Hall–Kier alpha value is -1.13. The van der Waals surface area contributed by atoms with Crippen LogP contribution in [0.25, 0.3) is 0 Å². The van der Waals surface area contributed by atoms with Gasteiger partial charge in [-0.3, -0.25) is 0 Å². The predicted molar refractivity (Wildman–Crippen MR) is 71.5 cm³/mol. The van der Waals surface area contributed by atoms with Crippen molar-refractivity contribution in [2.24, 2.45) is 0 Å². The Morgan fingerprint density at radius 1 is 1.28 bits per heavy atom. The Balaban J connectivity index is 1.70. The van der Waals surface area contributed by atoms with Crippen molar-refractivity contribution in [3.63, 3.8) is 0 Å². The zero-order chi connectivity index (χ0) is 12.8. The van der Waals surface area contributed by atoms with Gasteiger partial charge in [0.15, 0.2) is 0 Å². The number of hydrogen-bond donors (Lipinski definition) is 1. The highest BCUT2D eigenvalue weighted by Gasteiger charge is 2.13. The minimum absolute atomic E-state index is 0.196. The van der Waals surface area contributed by atoms with E-state index in [1.165, 1.54) is 12.1 Å². The molecule has 1 saturated heterocycles. The third kappa shape index (κ3) is 3.96. The van der Waals surface area contributed by atoms with Crippen LogP contribution in [0, 0.1) is 5.82 Å². The van der Waals surface area contributed by atoms with E-state index in [-0.39, 0.29) is 5.82 Å². The second kappa shape index (κ2) is 6.71. The number of nitrogens with one attached hydrogen (secondary N) is 1. The summed E-state index contributed by atoms with van der Waals surface area (Å²) in [5, 5.41) is 3.32. The highest BCUT2D eigenvalue weighted by Crippen LogP contribution is 2.13. The van der Waals surface area contributed by atoms with Gasteiger partial charge in [0, 0.05) is 19.3 Å². The van der Waals surface area contributed by atoms with Gasteiger partial charge in [0.2, 0.25) is 0 Å². The Morgan fingerprint density at radius 3 is 2.61 bits per heavy atom. The van der Waals surface area contributed by atoms with Crippen LogP contribution in [-0.4, -0.2) is 39.4 Å². The van der Waals surface area contributed by atoms with Crippen LogP contribution in [0.4, 0.5) is 10.1 Å². The molecule has 1 aromatic carbocycles. The van der Waals surface area contributed by atoms with Gasteiger partial charge >= 0.3 is 0 Å². The fourth-order valence-corrected chi connectivity index (χ4v) is 2.14. The minimum atomic E-state index is -0.196. The maximum atomic E-state index is 12.8. The fourth-order valence-electron chi connectivity index (χ4n) is 2.14. The smallest absolute Gasteiger partial charge is 0.123 e. The second-order valence-corrected chi connectivity index (χ2v) is 4.72. The van der Waals surface area contributed by atoms with Gasteiger partial charge in [0.05, 0.1) is 12.7 Å². The van der Waals surface area contributed by atoms with Crippen LogP contribution in [0.1, 0.15) is 12.8 Å². The molecule has 3 nitrogen and oxygen atoms in total. The molecule has 18 heavy (non-hydrogen) atoms. The molecule has 1 aliphatic rings. The molecule has 0 aliphatic carbocycles. The zero-order valence-electron chi connectivity index (χ0n) is 10.9. The molecule has 0 aromatic heterocycles. The van der Waals surface area contributed by atoms with Crippen molar-refractivity contribution < 1.29 is 9.13 Å². The molecular formula is C14H21FN2O. The van der Waals surface area contributed by atoms with Gasteiger partial charge in [-0.25, -0.2) is 4.39 Å². The lowest BCUT2D eigenvalue weighted by Gasteiger charge is -2.25. The summed E-state index contributed by atoms with van der Waals surface area (Å²) in [6, 6.07) is 6.55. The third-order valence-corrected chi connectivity index (χ3v) is 3.33. The third-order valence-electron chi connectivity index (χ3n) is 3.33. The van der Waals surface area contributed by atoms with Gasteiger partial charge < -0.3 is 15.0 Å². The van der Waals surface area contributed by atoms with Crippen LogP contribution < -0.4 is 10.2 Å². The maximum absolute atomic E-state index is 12.8. The van der Waals surface area contributed by atoms with Gasteiger partial charge in [-0.15, -0.1) is 0 Å². The first-order chi connectivity index (χ1) is 8.75. The summed E-state index contributed by atoms with van der Waals surface area (Å²) in [6.45, 7) is 3.66. The second-order valence-electron chi connectivity index (χ2n) is 4.72. The molecule has 0 unspecified atom stereocenters. The predicted octanol–water partition coefficient (Wildman–Crippen LogP) is 2.03. The van der Waals surface area contributed by atoms with Crippen LogP contribution in [-0.2, 0) is 4.74 Å². The highest BCUT2D eigenvalue weighted by atomic mass is 19.1. The molecule has 4 heteroatoms. The molecule has 1 aliphatic heterocycles. The summed E-state index contributed by atoms with van der Waals surface area (Å²) in [5.74, 6) is -0.196. The molecule has 0 bridgehead atoms. The van der Waals surface area contributed by atoms with Gasteiger partial charge in [0.1, 0.15) is 5.82 Å². The molecule has 0 radical (unpaired) electrons. The molecule has 0 spiro atoms. The standard InChI is InChI=1S/C14H21FN2O/c1-17(13-4-2-12(15)3-5-13)10-11-18-14-6-8-16-9-7-14/h2-5,14,16H,6-11H2,1H3. The highest BCUT2D eigenvalue weighted by molar-refractivity contribution is 5.45. The molecular weight excluding hydrogens is 231 g/mol. The average molecular weight is 252 g/mol. The summed E-state index contributed by atoms with van der Waals surface area (Å²) in [7, 11) is 2.00. The lowest BCUT2D eigenvalue weighted by Crippen LogP contribution is -2.34. The number of rotatable bonds is 5. The molecule has 0 atom stereocenters. The molecule has 2 rings (SSSR count). The van der Waals surface area contributed by atoms with Crippen LogP contribution in [0.5, 0.6) is 0 Å². The Labute approximate surface area is 108 Å². The Morgan fingerprint density at radius 2 is 1.94 bits per heavy atom. The first-order valence-electron chi connectivity index (χ1n) is 6.55. The van der Waals surface area contributed by atoms with E-state index >= 15 is 0 Å². The van der Waals surface area contributed by atoms with Crippen molar-refractivity contribution in [3.05, 3.63) is 30.1 Å². The van der Waals surface area contributed by atoms with Gasteiger partial charge in [-0.05, 0) is 50.2 Å². The largest absolute Gasteiger partial charge is 0.376 e. The fraction of sp³-hybridized carbons (Fsp3) is 0.571. The molecule has 1 heterocycles. The first-order valence-corrected chi connectivity index (χ1v) is 6.55. The molecule has 1 fully saturated rings. The Kier molecular flexibility index (Phi) is 4.96. The topological polar surface area (TPSA) is 24.5 Å². The number of hydrogen-bond acceptors (Lipinski definition) is 3. The number of likely N-dealkylation sites (N-methyl/N-ethyl adjacent to an activating group) is 1. The van der Waals surface area contributed by atoms with Gasteiger partial charge in [-0.1, -0.05) is 0 Å². The lowest BCUT2D eigenvalue weighted by atomic mass is 10.1. The summed E-state index contributed by atoms with van der Waals surface area (Å²) in [5.41, 5.74) is 1.02. The van der Waals surface area contributed by atoms with Crippen molar-refractivity contribution in [2.75, 3.05) is 38.2 Å². The molecule has 100 valence electrons. The first kappa shape index (κ1) is 13.3. The van der Waals surface area contributed by atoms with Crippen molar-refractivity contribution >= 4 is 5.69 Å². The summed E-state index contributed by atoms with van der Waals surface area (Å²) in [4.78, 5) is 2.08. The van der Waals surface area contributed by atoms with E-state index in [9.17, 15) is 4.39 Å². The van der Waals surface area contributed by atoms with E-state index < -0.39 is 0 Å². The Bertz CT molecular complexity index is 349. The van der Waals surface area contributed by atoms with E-state index in [0.29, 0.717) is 6.10 Å². The van der Waals surface area contributed by atoms with E-state index in [0.717, 1.165) is 44.8 Å². The molecule has 0 amide bonds. The van der Waals surface area contributed by atoms with Crippen molar-refractivity contribution in [1.29, 1.82) is 0 Å². The minimum Gasteiger partial charge on any atom is -0.376 e. The maximum Gasteiger partial charge on any atom is 0.123 e. The summed E-state index contributed by atoms with van der Waals surface area (Å²) >= 11 is 0. The average Bonchev–Trinajstić information content (AvgIpc) is 2.40. The van der Waals surface area contributed by atoms with E-state index in [1.54, 1.807) is 12.1 Å². The van der Waals surface area contributed by atoms with Crippen LogP contribution in [0.3, 0.4) is 0 Å². The normalized spacial score (nSPS) is 16.8. The number of halogens is 1. The van der Waals surface area contributed by atoms with Crippen LogP contribution in [0.2, 0.25) is 0 Å². The van der Waals surface area contributed by atoms with E-state index in [2.05, 4.69) is 10.2 Å². The number of piperidine rings is 1. The molecule has 1 N–H and O–H groups in total. The summed E-state index contributed by atoms with van der Waals surface area (Å²) in [6.07, 6.45) is 2.59.